The topological polar surface area (TPSA) is 34.1 Å². The van der Waals surface area contributed by atoms with Crippen molar-refractivity contribution in [3.8, 4) is 0 Å². The predicted octanol–water partition coefficient (Wildman–Crippen LogP) is -0.245. The van der Waals surface area contributed by atoms with Crippen LogP contribution in [0.1, 0.15) is 0 Å². The maximum atomic E-state index is 9.09. The first-order chi connectivity index (χ1) is 2.41. The summed E-state index contributed by atoms with van der Waals surface area (Å²) < 4.78 is 17.0. The van der Waals surface area contributed by atoms with E-state index in [1.54, 1.807) is 0 Å². The van der Waals surface area contributed by atoms with Crippen LogP contribution in [-0.2, 0) is 55.1 Å². The summed E-state index contributed by atoms with van der Waals surface area (Å²) in [5.41, 5.74) is 0. The molecule has 0 aromatic rings. The number of rotatable bonds is 0. The molecule has 0 saturated heterocycles. The van der Waals surface area contributed by atoms with Crippen LogP contribution >= 0.6 is 0 Å². The van der Waals surface area contributed by atoms with Crippen molar-refractivity contribution in [3.63, 3.8) is 0 Å². The first kappa shape index (κ1) is 9.68. The van der Waals surface area contributed by atoms with E-state index in [1.165, 1.54) is 0 Å². The Labute approximate surface area is 54.7 Å². The molecule has 35 valence electrons. The van der Waals surface area contributed by atoms with E-state index in [1.807, 2.05) is 0 Å². The predicted molar refractivity (Wildman–Crippen MR) is 1.37 cm³/mol. The van der Waals surface area contributed by atoms with Gasteiger partial charge in [-0.2, -0.15) is 0 Å². The summed E-state index contributed by atoms with van der Waals surface area (Å²) in [5, 5.41) is 0. The summed E-state index contributed by atoms with van der Waals surface area (Å²) in [6, 6.07) is 0. The van der Waals surface area contributed by atoms with Gasteiger partial charge in [0.2, 0.25) is 0 Å². The zero-order valence-corrected chi connectivity index (χ0v) is 8.26. The van der Waals surface area contributed by atoms with Gasteiger partial charge in [0.15, 0.2) is 0 Å². The molecule has 0 heterocycles. The van der Waals surface area contributed by atoms with Gasteiger partial charge in [-0.15, -0.1) is 0 Å². The van der Waals surface area contributed by atoms with Gasteiger partial charge >= 0.3 is 55.1 Å². The zero-order chi connectivity index (χ0) is 4.71. The summed E-state index contributed by atoms with van der Waals surface area (Å²) >= 11 is 3.50. The molecule has 0 unspecified atom stereocenters. The van der Waals surface area contributed by atoms with Crippen molar-refractivity contribution in [3.05, 3.63) is 0 Å². The van der Waals surface area contributed by atoms with Crippen molar-refractivity contribution in [1.29, 1.82) is 0 Å². The Balaban J connectivity index is 0. The second-order valence-corrected chi connectivity index (χ2v) is 3.70. The monoisotopic (exact) mass is 351 g/mol. The second kappa shape index (κ2) is 18.0. The summed E-state index contributed by atoms with van der Waals surface area (Å²) in [6.45, 7) is 0. The molecule has 0 aliphatic carbocycles. The van der Waals surface area contributed by atoms with E-state index in [0.717, 1.165) is 0 Å². The normalized spacial score (nSPS) is 3.20. The Bertz CT molecular complexity index is 23.6. The van der Waals surface area contributed by atoms with Crippen LogP contribution in [0, 0.1) is 0 Å². The van der Waals surface area contributed by atoms with Gasteiger partial charge in [-0.05, 0) is 0 Å². The third-order valence-electron chi connectivity index (χ3n) is 0. The molecular weight excluding hydrogens is 353 g/mol. The minimum absolute atomic E-state index is 1.18. The van der Waals surface area contributed by atoms with Crippen LogP contribution in [0.3, 0.4) is 0 Å². The molecule has 0 spiro atoms. The van der Waals surface area contributed by atoms with Gasteiger partial charge < -0.3 is 0 Å². The van der Waals surface area contributed by atoms with E-state index in [-0.39, 0.29) is 0 Å². The van der Waals surface area contributed by atoms with E-state index in [2.05, 4.69) is 33.7 Å². The van der Waals surface area contributed by atoms with Gasteiger partial charge in [-0.3, -0.25) is 0 Å². The van der Waals surface area contributed by atoms with Crippen molar-refractivity contribution in [2.75, 3.05) is 0 Å². The van der Waals surface area contributed by atoms with Gasteiger partial charge in [-0.25, -0.2) is 0 Å². The van der Waals surface area contributed by atoms with E-state index in [4.69, 9.17) is 7.47 Å². The minimum atomic E-state index is -1.18. The summed E-state index contributed by atoms with van der Waals surface area (Å²) in [6.07, 6.45) is 0. The Kier molecular flexibility index (Phi) is 34.8. The molecule has 0 N–H and O–H groups in total. The van der Waals surface area contributed by atoms with Gasteiger partial charge in [-0.1, -0.05) is 0 Å². The van der Waals surface area contributed by atoms with E-state index >= 15 is 0 Å². The quantitative estimate of drug-likeness (QED) is 0.564. The van der Waals surface area contributed by atoms with Crippen LogP contribution in [0.15, 0.2) is 0 Å². The van der Waals surface area contributed by atoms with Crippen LogP contribution in [0.4, 0.5) is 0 Å². The van der Waals surface area contributed by atoms with Crippen molar-refractivity contribution in [2.45, 2.75) is 0 Å². The number of hydrogen-bond donors (Lipinski definition) is 0. The molecule has 0 aliphatic heterocycles. The summed E-state index contributed by atoms with van der Waals surface area (Å²) in [7, 11) is 0. The molecule has 5 heteroatoms. The fraction of sp³-hybridized carbons (Fsp3) is 0. The van der Waals surface area contributed by atoms with Crippen molar-refractivity contribution in [1.82, 2.24) is 0 Å². The van der Waals surface area contributed by atoms with Crippen LogP contribution in [0.2, 0.25) is 0 Å². The number of hydrogen-bond acceptors (Lipinski definition) is 2. The Hall–Kier alpha value is 1.46. The molecule has 0 radical (unpaired) electrons. The summed E-state index contributed by atoms with van der Waals surface area (Å²) in [4.78, 5) is 0. The standard InChI is InChI=1S/Au.Ni.2O.Zn. The molecule has 0 fully saturated rings. The molecule has 5 heavy (non-hydrogen) atoms. The van der Waals surface area contributed by atoms with E-state index in [9.17, 15) is 0 Å². The Morgan fingerprint density at radius 3 is 1.60 bits per heavy atom. The van der Waals surface area contributed by atoms with Crippen molar-refractivity contribution < 1.29 is 55.1 Å². The average molecular weight is 353 g/mol. The first-order valence-electron chi connectivity index (χ1n) is 0.631. The third-order valence-corrected chi connectivity index (χ3v) is 0. The van der Waals surface area contributed by atoms with Gasteiger partial charge in [0.1, 0.15) is 0 Å². The zero-order valence-electron chi connectivity index (χ0n) is 2.14. The second-order valence-electron chi connectivity index (χ2n) is 0.0870. The molecule has 0 aromatic carbocycles. The fourth-order valence-corrected chi connectivity index (χ4v) is 0. The molecule has 2 nitrogen and oxygen atoms in total. The van der Waals surface area contributed by atoms with Crippen LogP contribution < -0.4 is 0 Å². The van der Waals surface area contributed by atoms with Gasteiger partial charge in [0.25, 0.3) is 0 Å². The molecular formula is AuNiO2Zn. The van der Waals surface area contributed by atoms with Gasteiger partial charge in [0.05, 0.1) is 0 Å². The van der Waals surface area contributed by atoms with Crippen LogP contribution in [0.25, 0.3) is 0 Å². The third kappa shape index (κ3) is 30.7. The molecule has 0 saturated carbocycles. The summed E-state index contributed by atoms with van der Waals surface area (Å²) in [5.74, 6) is 0. The maximum absolute atomic E-state index is 9.09. The van der Waals surface area contributed by atoms with Gasteiger partial charge in [0, 0.05) is 0 Å². The van der Waals surface area contributed by atoms with E-state index in [0.29, 0.717) is 0 Å². The van der Waals surface area contributed by atoms with Crippen molar-refractivity contribution in [2.24, 2.45) is 0 Å². The molecule has 0 bridgehead atoms. The van der Waals surface area contributed by atoms with Crippen LogP contribution in [0.5, 0.6) is 0 Å². The molecule has 0 aliphatic rings. The van der Waals surface area contributed by atoms with E-state index < -0.39 is 13.9 Å². The average Bonchev–Trinajstić information content (AvgIpc) is 1.46. The van der Waals surface area contributed by atoms with Crippen LogP contribution in [-0.4, -0.2) is 0 Å². The van der Waals surface area contributed by atoms with Crippen molar-refractivity contribution >= 4 is 0 Å². The Morgan fingerprint density at radius 1 is 1.60 bits per heavy atom. The molecule has 0 atom stereocenters. The Morgan fingerprint density at radius 2 is 1.60 bits per heavy atom. The fourth-order valence-electron chi connectivity index (χ4n) is 0. The molecule has 0 amide bonds. The first-order valence-corrected chi connectivity index (χ1v) is 11.1. The molecule has 0 aromatic heterocycles. The SMILES string of the molecule is [O]=[Ni].[O]=[Zn][Au]. The molecule has 0 rings (SSSR count).